The van der Waals surface area contributed by atoms with Crippen LogP contribution in [0.3, 0.4) is 0 Å². The molecule has 0 radical (unpaired) electrons. The van der Waals surface area contributed by atoms with Crippen LogP contribution in [-0.4, -0.2) is 38.6 Å². The first kappa shape index (κ1) is 15.5. The van der Waals surface area contributed by atoms with Crippen LogP contribution in [0.25, 0.3) is 0 Å². The second-order valence-electron chi connectivity index (χ2n) is 6.06. The van der Waals surface area contributed by atoms with Crippen molar-refractivity contribution in [3.05, 3.63) is 18.0 Å². The van der Waals surface area contributed by atoms with Gasteiger partial charge in [0.25, 0.3) is 0 Å². The molecule has 1 aliphatic rings. The first-order chi connectivity index (χ1) is 9.92. The zero-order valence-electron chi connectivity index (χ0n) is 13.2. The van der Waals surface area contributed by atoms with E-state index in [0.717, 1.165) is 5.69 Å². The predicted octanol–water partition coefficient (Wildman–Crippen LogP) is 1.07. The third-order valence-electron chi connectivity index (χ3n) is 3.78. The highest BCUT2D eigenvalue weighted by Gasteiger charge is 2.39. The minimum atomic E-state index is -0.412. The molecule has 2 unspecified atom stereocenters. The second-order valence-corrected chi connectivity index (χ2v) is 6.06. The summed E-state index contributed by atoms with van der Waals surface area (Å²) in [6.07, 6.45) is 3.12. The van der Waals surface area contributed by atoms with Crippen LogP contribution in [0.4, 0.5) is 0 Å². The fraction of sp³-hybridized carbons (Fsp3) is 0.667. The number of aromatic nitrogens is 2. The number of aryl methyl sites for hydroxylation is 1. The Hall–Kier alpha value is -1.85. The van der Waals surface area contributed by atoms with E-state index in [4.69, 9.17) is 0 Å². The molecule has 2 heterocycles. The Morgan fingerprint density at radius 2 is 2.10 bits per heavy atom. The van der Waals surface area contributed by atoms with Crippen molar-refractivity contribution in [2.45, 2.75) is 52.2 Å². The average Bonchev–Trinajstić information content (AvgIpc) is 2.82. The Morgan fingerprint density at radius 1 is 1.38 bits per heavy atom. The van der Waals surface area contributed by atoms with E-state index in [-0.39, 0.29) is 11.8 Å². The number of hydrogen-bond acceptors (Lipinski definition) is 3. The summed E-state index contributed by atoms with van der Waals surface area (Å²) in [6.45, 7) is 6.41. The lowest BCUT2D eigenvalue weighted by molar-refractivity contribution is -0.150. The molecular weight excluding hydrogens is 268 g/mol. The smallest absolute Gasteiger partial charge is 0.246 e. The van der Waals surface area contributed by atoms with Crippen molar-refractivity contribution in [3.8, 4) is 0 Å². The predicted molar refractivity (Wildman–Crippen MR) is 79.2 cm³/mol. The maximum absolute atomic E-state index is 12.6. The van der Waals surface area contributed by atoms with Crippen molar-refractivity contribution >= 4 is 11.8 Å². The number of nitrogens with zero attached hydrogens (tertiary/aromatic N) is 3. The van der Waals surface area contributed by atoms with Crippen LogP contribution in [0.1, 0.15) is 39.3 Å². The van der Waals surface area contributed by atoms with Crippen molar-refractivity contribution in [1.29, 1.82) is 0 Å². The Labute approximate surface area is 125 Å². The van der Waals surface area contributed by atoms with Gasteiger partial charge in [-0.25, -0.2) is 0 Å². The van der Waals surface area contributed by atoms with Gasteiger partial charge in [0.05, 0.1) is 12.2 Å². The van der Waals surface area contributed by atoms with E-state index in [1.807, 2.05) is 26.2 Å². The van der Waals surface area contributed by atoms with Crippen LogP contribution >= 0.6 is 0 Å². The van der Waals surface area contributed by atoms with Gasteiger partial charge in [0.1, 0.15) is 12.1 Å². The van der Waals surface area contributed by atoms with Crippen molar-refractivity contribution in [2.24, 2.45) is 13.0 Å². The molecule has 2 rings (SSSR count). The average molecular weight is 292 g/mol. The summed E-state index contributed by atoms with van der Waals surface area (Å²) in [6, 6.07) is 1.07. The molecule has 116 valence electrons. The molecule has 1 aromatic heterocycles. The Bertz CT molecular complexity index is 523. The van der Waals surface area contributed by atoms with Gasteiger partial charge in [0.2, 0.25) is 11.8 Å². The Balaban J connectivity index is 2.23. The van der Waals surface area contributed by atoms with Crippen molar-refractivity contribution < 1.29 is 9.59 Å². The molecule has 1 aromatic rings. The molecule has 21 heavy (non-hydrogen) atoms. The third-order valence-corrected chi connectivity index (χ3v) is 3.78. The highest BCUT2D eigenvalue weighted by molar-refractivity contribution is 5.96. The number of hydrogen-bond donors (Lipinski definition) is 1. The van der Waals surface area contributed by atoms with E-state index >= 15 is 0 Å². The summed E-state index contributed by atoms with van der Waals surface area (Å²) >= 11 is 0. The fourth-order valence-electron chi connectivity index (χ4n) is 2.69. The molecule has 2 amide bonds. The van der Waals surface area contributed by atoms with Gasteiger partial charge in [0.15, 0.2) is 0 Å². The summed E-state index contributed by atoms with van der Waals surface area (Å²) in [5.41, 5.74) is 0.809. The molecule has 0 saturated carbocycles. The largest absolute Gasteiger partial charge is 0.343 e. The van der Waals surface area contributed by atoms with Gasteiger partial charge in [-0.15, -0.1) is 0 Å². The van der Waals surface area contributed by atoms with E-state index in [1.165, 1.54) is 0 Å². The first-order valence-corrected chi connectivity index (χ1v) is 7.51. The lowest BCUT2D eigenvalue weighted by atomic mass is 9.97. The highest BCUT2D eigenvalue weighted by atomic mass is 16.2. The van der Waals surface area contributed by atoms with Crippen LogP contribution in [0.5, 0.6) is 0 Å². The minimum Gasteiger partial charge on any atom is -0.343 e. The minimum absolute atomic E-state index is 0.00611. The van der Waals surface area contributed by atoms with Crippen LogP contribution in [0.15, 0.2) is 12.3 Å². The standard InChI is InChI=1S/C15H24N4O2/c1-5-12-15(21)19(9-11-6-7-18(4)17-11)13(8-10(2)3)14(20)16-12/h6-7,10,12-13H,5,8-9H2,1-4H3,(H,16,20). The lowest BCUT2D eigenvalue weighted by Gasteiger charge is -2.39. The SMILES string of the molecule is CCC1NC(=O)C(CC(C)C)N(Cc2ccn(C)n2)C1=O. The normalized spacial score (nSPS) is 22.8. The van der Waals surface area contributed by atoms with E-state index < -0.39 is 12.1 Å². The molecule has 2 atom stereocenters. The number of nitrogens with one attached hydrogen (secondary N) is 1. The molecule has 0 aliphatic carbocycles. The zero-order chi connectivity index (χ0) is 15.6. The number of piperazine rings is 1. The Morgan fingerprint density at radius 3 is 2.62 bits per heavy atom. The summed E-state index contributed by atoms with van der Waals surface area (Å²) in [5, 5.41) is 7.16. The van der Waals surface area contributed by atoms with Gasteiger partial charge in [-0.2, -0.15) is 5.10 Å². The number of amides is 2. The van der Waals surface area contributed by atoms with E-state index in [1.54, 1.807) is 9.58 Å². The Kier molecular flexibility index (Phi) is 4.65. The van der Waals surface area contributed by atoms with Gasteiger partial charge >= 0.3 is 0 Å². The molecule has 1 fully saturated rings. The van der Waals surface area contributed by atoms with Gasteiger partial charge in [0, 0.05) is 13.2 Å². The number of carbonyl (C=O) groups excluding carboxylic acids is 2. The van der Waals surface area contributed by atoms with Crippen LogP contribution in [0, 0.1) is 5.92 Å². The van der Waals surface area contributed by atoms with Crippen molar-refractivity contribution in [1.82, 2.24) is 20.0 Å². The van der Waals surface area contributed by atoms with Crippen LogP contribution < -0.4 is 5.32 Å². The van der Waals surface area contributed by atoms with Crippen molar-refractivity contribution in [3.63, 3.8) is 0 Å². The highest BCUT2D eigenvalue weighted by Crippen LogP contribution is 2.20. The zero-order valence-corrected chi connectivity index (χ0v) is 13.2. The van der Waals surface area contributed by atoms with Gasteiger partial charge in [-0.3, -0.25) is 14.3 Å². The summed E-state index contributed by atoms with van der Waals surface area (Å²) in [5.74, 6) is 0.289. The molecule has 1 N–H and O–H groups in total. The molecular formula is C15H24N4O2. The quantitative estimate of drug-likeness (QED) is 0.883. The van der Waals surface area contributed by atoms with Gasteiger partial charge in [-0.1, -0.05) is 20.8 Å². The molecule has 0 bridgehead atoms. The van der Waals surface area contributed by atoms with Gasteiger partial charge < -0.3 is 10.2 Å². The van der Waals surface area contributed by atoms with Crippen LogP contribution in [-0.2, 0) is 23.2 Å². The number of rotatable bonds is 5. The summed E-state index contributed by atoms with van der Waals surface area (Å²) < 4.78 is 1.71. The summed E-state index contributed by atoms with van der Waals surface area (Å²) in [4.78, 5) is 26.6. The molecule has 6 nitrogen and oxygen atoms in total. The van der Waals surface area contributed by atoms with E-state index in [2.05, 4.69) is 24.3 Å². The fourth-order valence-corrected chi connectivity index (χ4v) is 2.69. The molecule has 1 saturated heterocycles. The summed E-state index contributed by atoms with van der Waals surface area (Å²) in [7, 11) is 1.84. The second kappa shape index (κ2) is 6.28. The van der Waals surface area contributed by atoms with Crippen LogP contribution in [0.2, 0.25) is 0 Å². The molecule has 6 heteroatoms. The van der Waals surface area contributed by atoms with Gasteiger partial charge in [-0.05, 0) is 24.8 Å². The molecule has 1 aliphatic heterocycles. The van der Waals surface area contributed by atoms with E-state index in [0.29, 0.717) is 25.3 Å². The maximum Gasteiger partial charge on any atom is 0.246 e. The monoisotopic (exact) mass is 292 g/mol. The lowest BCUT2D eigenvalue weighted by Crippen LogP contribution is -2.63. The van der Waals surface area contributed by atoms with E-state index in [9.17, 15) is 9.59 Å². The number of carbonyl (C=O) groups is 2. The molecule has 0 spiro atoms. The first-order valence-electron chi connectivity index (χ1n) is 7.51. The topological polar surface area (TPSA) is 67.2 Å². The third kappa shape index (κ3) is 3.43. The maximum atomic E-state index is 12.6. The molecule has 0 aromatic carbocycles. The van der Waals surface area contributed by atoms with Crippen molar-refractivity contribution in [2.75, 3.05) is 0 Å².